The van der Waals surface area contributed by atoms with Crippen LogP contribution in [0.3, 0.4) is 0 Å². The Bertz CT molecular complexity index is 899. The van der Waals surface area contributed by atoms with E-state index in [0.717, 1.165) is 5.56 Å². The Kier molecular flexibility index (Phi) is 5.21. The zero-order valence-corrected chi connectivity index (χ0v) is 14.8. The van der Waals surface area contributed by atoms with Crippen LogP contribution in [0.5, 0.6) is 11.5 Å². The molecule has 4 amide bonds. The molecular weight excluding hydrogens is 348 g/mol. The number of barbiturate groups is 1. The molecular formula is C20H18N2O5. The number of carbonyl (C=O) groups is 3. The lowest BCUT2D eigenvalue weighted by Crippen LogP contribution is -2.51. The number of imide groups is 2. The Labute approximate surface area is 156 Å². The van der Waals surface area contributed by atoms with Crippen molar-refractivity contribution >= 4 is 23.9 Å². The summed E-state index contributed by atoms with van der Waals surface area (Å²) in [6.45, 7) is 1.93. The molecule has 0 spiro atoms. The number of amides is 4. The average Bonchev–Trinajstić information content (AvgIpc) is 2.66. The predicted molar refractivity (Wildman–Crippen MR) is 98.1 cm³/mol. The third-order valence-electron chi connectivity index (χ3n) is 4.01. The second-order valence-corrected chi connectivity index (χ2v) is 5.88. The summed E-state index contributed by atoms with van der Waals surface area (Å²) in [6, 6.07) is 14.0. The van der Waals surface area contributed by atoms with Crippen molar-refractivity contribution < 1.29 is 23.9 Å². The fourth-order valence-corrected chi connectivity index (χ4v) is 2.63. The van der Waals surface area contributed by atoms with Crippen molar-refractivity contribution in [1.82, 2.24) is 10.6 Å². The molecule has 0 saturated carbocycles. The number of rotatable bonds is 5. The first-order valence-corrected chi connectivity index (χ1v) is 8.26. The number of benzene rings is 2. The van der Waals surface area contributed by atoms with Gasteiger partial charge in [-0.15, -0.1) is 0 Å². The van der Waals surface area contributed by atoms with Gasteiger partial charge in [-0.2, -0.15) is 0 Å². The molecule has 0 unspecified atom stereocenters. The number of urea groups is 1. The molecule has 138 valence electrons. The minimum Gasteiger partial charge on any atom is -0.493 e. The topological polar surface area (TPSA) is 93.7 Å². The first-order chi connectivity index (χ1) is 13.0. The van der Waals surface area contributed by atoms with Gasteiger partial charge in [-0.1, -0.05) is 36.4 Å². The number of methoxy groups -OCH3 is 1. The highest BCUT2D eigenvalue weighted by Gasteiger charge is 2.27. The Morgan fingerprint density at radius 3 is 2.22 bits per heavy atom. The van der Waals surface area contributed by atoms with Gasteiger partial charge in [-0.05, 0) is 36.3 Å². The van der Waals surface area contributed by atoms with Gasteiger partial charge in [0.2, 0.25) is 0 Å². The number of hydrogen-bond acceptors (Lipinski definition) is 5. The molecule has 0 aliphatic carbocycles. The zero-order chi connectivity index (χ0) is 19.4. The van der Waals surface area contributed by atoms with Gasteiger partial charge < -0.3 is 9.47 Å². The molecule has 7 heteroatoms. The fourth-order valence-electron chi connectivity index (χ4n) is 2.63. The summed E-state index contributed by atoms with van der Waals surface area (Å²) in [6.07, 6.45) is 1.19. The van der Waals surface area contributed by atoms with Crippen LogP contribution in [0.4, 0.5) is 4.79 Å². The van der Waals surface area contributed by atoms with E-state index in [1.165, 1.54) is 13.2 Å². The normalized spacial score (nSPS) is 14.9. The van der Waals surface area contributed by atoms with E-state index in [2.05, 4.69) is 0 Å². The van der Waals surface area contributed by atoms with Crippen molar-refractivity contribution in [1.29, 1.82) is 0 Å². The second kappa shape index (κ2) is 7.74. The summed E-state index contributed by atoms with van der Waals surface area (Å²) in [4.78, 5) is 34.8. The summed E-state index contributed by atoms with van der Waals surface area (Å²) < 4.78 is 11.3. The van der Waals surface area contributed by atoms with Crippen LogP contribution in [-0.4, -0.2) is 25.0 Å². The molecule has 27 heavy (non-hydrogen) atoms. The molecule has 7 nitrogen and oxygen atoms in total. The lowest BCUT2D eigenvalue weighted by molar-refractivity contribution is -0.123. The smallest absolute Gasteiger partial charge is 0.328 e. The third kappa shape index (κ3) is 4.14. The van der Waals surface area contributed by atoms with Crippen LogP contribution in [0, 0.1) is 0 Å². The highest BCUT2D eigenvalue weighted by atomic mass is 16.5. The van der Waals surface area contributed by atoms with Gasteiger partial charge in [-0.25, -0.2) is 4.79 Å². The summed E-state index contributed by atoms with van der Waals surface area (Å²) >= 11 is 0. The van der Waals surface area contributed by atoms with Crippen molar-refractivity contribution in [3.8, 4) is 11.5 Å². The molecule has 0 radical (unpaired) electrons. The van der Waals surface area contributed by atoms with E-state index in [4.69, 9.17) is 9.47 Å². The van der Waals surface area contributed by atoms with E-state index >= 15 is 0 Å². The molecule has 0 aromatic heterocycles. The highest BCUT2D eigenvalue weighted by molar-refractivity contribution is 6.31. The molecule has 3 rings (SSSR count). The first-order valence-electron chi connectivity index (χ1n) is 8.26. The number of hydrogen-bond donors (Lipinski definition) is 2. The highest BCUT2D eigenvalue weighted by Crippen LogP contribution is 2.32. The summed E-state index contributed by atoms with van der Waals surface area (Å²) in [5, 5.41) is 4.06. The molecule has 2 aromatic carbocycles. The predicted octanol–water partition coefficient (Wildman–Crippen LogP) is 2.58. The fraction of sp³-hybridized carbons (Fsp3) is 0.150. The summed E-state index contributed by atoms with van der Waals surface area (Å²) in [5.41, 5.74) is 1.41. The monoisotopic (exact) mass is 366 g/mol. The van der Waals surface area contributed by atoms with Crippen LogP contribution in [0.1, 0.15) is 24.2 Å². The van der Waals surface area contributed by atoms with Gasteiger partial charge in [0.05, 0.1) is 7.11 Å². The maximum absolute atomic E-state index is 11.8. The van der Waals surface area contributed by atoms with Crippen LogP contribution in [-0.2, 0) is 9.59 Å². The molecule has 0 bridgehead atoms. The lowest BCUT2D eigenvalue weighted by atomic mass is 10.1. The molecule has 1 atom stereocenters. The Hall–Kier alpha value is -3.61. The van der Waals surface area contributed by atoms with Crippen molar-refractivity contribution in [3.05, 3.63) is 65.2 Å². The van der Waals surface area contributed by atoms with E-state index in [-0.39, 0.29) is 11.7 Å². The first kappa shape index (κ1) is 18.2. The molecule has 1 heterocycles. The van der Waals surface area contributed by atoms with Crippen LogP contribution in [0.25, 0.3) is 6.08 Å². The van der Waals surface area contributed by atoms with Gasteiger partial charge in [0, 0.05) is 0 Å². The Morgan fingerprint density at radius 2 is 1.59 bits per heavy atom. The van der Waals surface area contributed by atoms with E-state index in [0.29, 0.717) is 17.1 Å². The van der Waals surface area contributed by atoms with Crippen LogP contribution in [0.2, 0.25) is 0 Å². The number of nitrogens with one attached hydrogen (secondary N) is 2. The molecule has 1 aliphatic heterocycles. The minimum absolute atomic E-state index is 0.164. The van der Waals surface area contributed by atoms with E-state index in [9.17, 15) is 14.4 Å². The van der Waals surface area contributed by atoms with Crippen LogP contribution >= 0.6 is 0 Å². The van der Waals surface area contributed by atoms with Crippen LogP contribution < -0.4 is 20.1 Å². The van der Waals surface area contributed by atoms with E-state index in [1.54, 1.807) is 18.2 Å². The second-order valence-electron chi connectivity index (χ2n) is 5.88. The maximum atomic E-state index is 11.8. The minimum atomic E-state index is -0.835. The third-order valence-corrected chi connectivity index (χ3v) is 4.01. The number of carbonyl (C=O) groups excluding carboxylic acids is 3. The SMILES string of the molecule is COc1cc(C=C2C(=O)NC(=O)NC2=O)ccc1O[C@@H](C)c1ccccc1. The van der Waals surface area contributed by atoms with Gasteiger partial charge in [-0.3, -0.25) is 20.2 Å². The van der Waals surface area contributed by atoms with Crippen LogP contribution in [0.15, 0.2) is 54.1 Å². The zero-order valence-electron chi connectivity index (χ0n) is 14.8. The molecule has 2 N–H and O–H groups in total. The molecule has 1 saturated heterocycles. The summed E-state index contributed by atoms with van der Waals surface area (Å²) in [5.74, 6) is -0.509. The molecule has 1 aliphatic rings. The maximum Gasteiger partial charge on any atom is 0.328 e. The van der Waals surface area contributed by atoms with Crippen molar-refractivity contribution in [2.24, 2.45) is 0 Å². The Morgan fingerprint density at radius 1 is 0.926 bits per heavy atom. The van der Waals surface area contributed by atoms with Gasteiger partial charge >= 0.3 is 6.03 Å². The summed E-state index contributed by atoms with van der Waals surface area (Å²) in [7, 11) is 1.50. The van der Waals surface area contributed by atoms with Crippen molar-refractivity contribution in [2.45, 2.75) is 13.0 Å². The van der Waals surface area contributed by atoms with Gasteiger partial charge in [0.15, 0.2) is 11.5 Å². The van der Waals surface area contributed by atoms with E-state index < -0.39 is 17.8 Å². The van der Waals surface area contributed by atoms with Gasteiger partial charge in [0.1, 0.15) is 11.7 Å². The number of ether oxygens (including phenoxy) is 2. The molecule has 1 fully saturated rings. The molecule has 2 aromatic rings. The lowest BCUT2D eigenvalue weighted by Gasteiger charge is -2.18. The van der Waals surface area contributed by atoms with Gasteiger partial charge in [0.25, 0.3) is 11.8 Å². The van der Waals surface area contributed by atoms with Crippen molar-refractivity contribution in [2.75, 3.05) is 7.11 Å². The standard InChI is InChI=1S/C20H18N2O5/c1-12(14-6-4-3-5-7-14)27-16-9-8-13(11-17(16)26-2)10-15-18(23)21-20(25)22-19(15)24/h3-12H,1-2H3,(H2,21,22,23,24,25)/t12-/m0/s1. The average molecular weight is 366 g/mol. The largest absolute Gasteiger partial charge is 0.493 e. The quantitative estimate of drug-likeness (QED) is 0.627. The van der Waals surface area contributed by atoms with E-state index in [1.807, 2.05) is 47.9 Å². The van der Waals surface area contributed by atoms with Crippen molar-refractivity contribution in [3.63, 3.8) is 0 Å². The Balaban J connectivity index is 1.84.